The molecule has 1 rings (SSSR count). The van der Waals surface area contributed by atoms with Gasteiger partial charge in [-0.15, -0.1) is 0 Å². The molecule has 1 atom stereocenters. The zero-order valence-electron chi connectivity index (χ0n) is 7.19. The van der Waals surface area contributed by atoms with E-state index in [0.717, 1.165) is 19.5 Å². The van der Waals surface area contributed by atoms with Crippen molar-refractivity contribution < 1.29 is 9.13 Å². The zero-order chi connectivity index (χ0) is 8.32. The van der Waals surface area contributed by atoms with Crippen molar-refractivity contribution in [1.29, 1.82) is 0 Å². The SMILES string of the molecule is CC(C)(F)COC1CCNC1. The first kappa shape index (κ1) is 8.94. The molecule has 0 saturated carbocycles. The summed E-state index contributed by atoms with van der Waals surface area (Å²) in [5.41, 5.74) is -1.19. The molecule has 11 heavy (non-hydrogen) atoms. The summed E-state index contributed by atoms with van der Waals surface area (Å²) in [5.74, 6) is 0. The highest BCUT2D eigenvalue weighted by molar-refractivity contribution is 4.73. The van der Waals surface area contributed by atoms with Crippen LogP contribution in [0.4, 0.5) is 4.39 Å². The topological polar surface area (TPSA) is 21.3 Å². The number of ether oxygens (including phenoxy) is 1. The summed E-state index contributed by atoms with van der Waals surface area (Å²) in [5, 5.41) is 3.16. The second-order valence-electron chi connectivity index (χ2n) is 3.64. The maximum atomic E-state index is 12.9. The number of nitrogens with one attached hydrogen (secondary N) is 1. The molecule has 3 heteroatoms. The fraction of sp³-hybridized carbons (Fsp3) is 1.00. The highest BCUT2D eigenvalue weighted by atomic mass is 19.1. The molecule has 1 heterocycles. The average Bonchev–Trinajstić information content (AvgIpc) is 2.32. The maximum Gasteiger partial charge on any atom is 0.128 e. The van der Waals surface area contributed by atoms with Crippen LogP contribution in [0.15, 0.2) is 0 Å². The Balaban J connectivity index is 2.11. The molecule has 1 aliphatic rings. The first-order valence-corrected chi connectivity index (χ1v) is 4.09. The fourth-order valence-corrected chi connectivity index (χ4v) is 1.09. The molecule has 66 valence electrons. The Kier molecular flexibility index (Phi) is 2.84. The Morgan fingerprint density at radius 2 is 2.36 bits per heavy atom. The van der Waals surface area contributed by atoms with E-state index < -0.39 is 5.67 Å². The predicted molar refractivity (Wildman–Crippen MR) is 42.4 cm³/mol. The van der Waals surface area contributed by atoms with Gasteiger partial charge in [0, 0.05) is 6.54 Å². The van der Waals surface area contributed by atoms with Crippen molar-refractivity contribution >= 4 is 0 Å². The second-order valence-corrected chi connectivity index (χ2v) is 3.64. The van der Waals surface area contributed by atoms with Crippen molar-refractivity contribution in [3.8, 4) is 0 Å². The average molecular weight is 161 g/mol. The number of hydrogen-bond acceptors (Lipinski definition) is 2. The Labute approximate surface area is 67.1 Å². The van der Waals surface area contributed by atoms with Crippen molar-refractivity contribution in [2.24, 2.45) is 0 Å². The normalized spacial score (nSPS) is 25.9. The number of rotatable bonds is 3. The Morgan fingerprint density at radius 1 is 1.64 bits per heavy atom. The largest absolute Gasteiger partial charge is 0.374 e. The lowest BCUT2D eigenvalue weighted by Gasteiger charge is -2.17. The van der Waals surface area contributed by atoms with E-state index in [-0.39, 0.29) is 12.7 Å². The predicted octanol–water partition coefficient (Wildman–Crippen LogP) is 1.11. The summed E-state index contributed by atoms with van der Waals surface area (Å²) in [4.78, 5) is 0. The quantitative estimate of drug-likeness (QED) is 0.669. The van der Waals surface area contributed by atoms with Crippen molar-refractivity contribution in [3.05, 3.63) is 0 Å². The summed E-state index contributed by atoms with van der Waals surface area (Å²) in [7, 11) is 0. The van der Waals surface area contributed by atoms with E-state index >= 15 is 0 Å². The third-order valence-corrected chi connectivity index (χ3v) is 1.68. The summed E-state index contributed by atoms with van der Waals surface area (Å²) in [6.07, 6.45) is 1.24. The number of alkyl halides is 1. The molecule has 1 saturated heterocycles. The third-order valence-electron chi connectivity index (χ3n) is 1.68. The van der Waals surface area contributed by atoms with Gasteiger partial charge in [-0.3, -0.25) is 0 Å². The number of hydrogen-bond donors (Lipinski definition) is 1. The van der Waals surface area contributed by atoms with Crippen LogP contribution in [-0.2, 0) is 4.74 Å². The standard InChI is InChI=1S/C8H16FNO/c1-8(2,9)6-11-7-3-4-10-5-7/h7,10H,3-6H2,1-2H3. The second kappa shape index (κ2) is 3.50. The molecule has 0 aromatic rings. The lowest BCUT2D eigenvalue weighted by atomic mass is 10.2. The van der Waals surface area contributed by atoms with Gasteiger partial charge in [0.2, 0.25) is 0 Å². The lowest BCUT2D eigenvalue weighted by Crippen LogP contribution is -2.26. The lowest BCUT2D eigenvalue weighted by molar-refractivity contribution is -0.00347. The van der Waals surface area contributed by atoms with E-state index in [9.17, 15) is 4.39 Å². The summed E-state index contributed by atoms with van der Waals surface area (Å²) >= 11 is 0. The minimum atomic E-state index is -1.19. The van der Waals surface area contributed by atoms with Crippen molar-refractivity contribution in [3.63, 3.8) is 0 Å². The minimum absolute atomic E-state index is 0.208. The molecule has 0 radical (unpaired) electrons. The molecule has 0 aromatic carbocycles. The first-order valence-electron chi connectivity index (χ1n) is 4.09. The van der Waals surface area contributed by atoms with Crippen LogP contribution in [0.3, 0.4) is 0 Å². The van der Waals surface area contributed by atoms with Gasteiger partial charge in [-0.25, -0.2) is 4.39 Å². The van der Waals surface area contributed by atoms with Gasteiger partial charge >= 0.3 is 0 Å². The zero-order valence-corrected chi connectivity index (χ0v) is 7.19. The van der Waals surface area contributed by atoms with Gasteiger partial charge in [-0.2, -0.15) is 0 Å². The van der Waals surface area contributed by atoms with Crippen LogP contribution in [0, 0.1) is 0 Å². The van der Waals surface area contributed by atoms with E-state index in [2.05, 4.69) is 5.32 Å². The summed E-state index contributed by atoms with van der Waals surface area (Å²) in [6.45, 7) is 5.15. The van der Waals surface area contributed by atoms with Gasteiger partial charge in [0.1, 0.15) is 5.67 Å². The van der Waals surface area contributed by atoms with E-state index in [1.165, 1.54) is 13.8 Å². The van der Waals surface area contributed by atoms with Crippen LogP contribution in [0.1, 0.15) is 20.3 Å². The highest BCUT2D eigenvalue weighted by Gasteiger charge is 2.21. The van der Waals surface area contributed by atoms with Crippen LogP contribution >= 0.6 is 0 Å². The molecule has 0 spiro atoms. The summed E-state index contributed by atoms with van der Waals surface area (Å²) in [6, 6.07) is 0. The van der Waals surface area contributed by atoms with Crippen LogP contribution in [0.5, 0.6) is 0 Å². The summed E-state index contributed by atoms with van der Waals surface area (Å²) < 4.78 is 18.2. The molecule has 0 aromatic heterocycles. The first-order chi connectivity index (χ1) is 5.08. The Hall–Kier alpha value is -0.150. The van der Waals surface area contributed by atoms with Crippen LogP contribution in [0.25, 0.3) is 0 Å². The van der Waals surface area contributed by atoms with Crippen molar-refractivity contribution in [2.75, 3.05) is 19.7 Å². The Bertz CT molecular complexity index is 116. The molecule has 2 nitrogen and oxygen atoms in total. The van der Waals surface area contributed by atoms with Gasteiger partial charge < -0.3 is 10.1 Å². The van der Waals surface area contributed by atoms with E-state index in [4.69, 9.17) is 4.74 Å². The van der Waals surface area contributed by atoms with Gasteiger partial charge in [0.15, 0.2) is 0 Å². The van der Waals surface area contributed by atoms with E-state index in [0.29, 0.717) is 0 Å². The molecule has 1 N–H and O–H groups in total. The number of halogens is 1. The molecular weight excluding hydrogens is 145 g/mol. The monoisotopic (exact) mass is 161 g/mol. The van der Waals surface area contributed by atoms with E-state index in [1.807, 2.05) is 0 Å². The van der Waals surface area contributed by atoms with Gasteiger partial charge in [0.05, 0.1) is 12.7 Å². The fourth-order valence-electron chi connectivity index (χ4n) is 1.09. The molecule has 0 bridgehead atoms. The van der Waals surface area contributed by atoms with Gasteiger partial charge in [-0.1, -0.05) is 0 Å². The van der Waals surface area contributed by atoms with Gasteiger partial charge in [-0.05, 0) is 26.8 Å². The molecule has 0 aliphatic carbocycles. The molecule has 1 fully saturated rings. The third kappa shape index (κ3) is 3.68. The van der Waals surface area contributed by atoms with Crippen molar-refractivity contribution in [2.45, 2.75) is 32.0 Å². The molecule has 1 aliphatic heterocycles. The van der Waals surface area contributed by atoms with Gasteiger partial charge in [0.25, 0.3) is 0 Å². The minimum Gasteiger partial charge on any atom is -0.374 e. The van der Waals surface area contributed by atoms with Crippen molar-refractivity contribution in [1.82, 2.24) is 5.32 Å². The smallest absolute Gasteiger partial charge is 0.128 e. The van der Waals surface area contributed by atoms with E-state index in [1.54, 1.807) is 0 Å². The molecule has 1 unspecified atom stereocenters. The molecule has 0 amide bonds. The van der Waals surface area contributed by atoms with Crippen LogP contribution < -0.4 is 5.32 Å². The highest BCUT2D eigenvalue weighted by Crippen LogP contribution is 2.12. The maximum absolute atomic E-state index is 12.9. The van der Waals surface area contributed by atoms with Crippen LogP contribution in [0.2, 0.25) is 0 Å². The Morgan fingerprint density at radius 3 is 2.82 bits per heavy atom. The van der Waals surface area contributed by atoms with Crippen LogP contribution in [-0.4, -0.2) is 31.5 Å². The molecular formula is C8H16FNO.